The summed E-state index contributed by atoms with van der Waals surface area (Å²) in [7, 11) is 1.59. The van der Waals surface area contributed by atoms with E-state index in [0.717, 1.165) is 23.6 Å². The number of hydrogen-bond acceptors (Lipinski definition) is 3. The van der Waals surface area contributed by atoms with Crippen molar-refractivity contribution in [3.63, 3.8) is 0 Å². The van der Waals surface area contributed by atoms with Crippen LogP contribution in [0.3, 0.4) is 0 Å². The molecule has 1 aromatic carbocycles. The van der Waals surface area contributed by atoms with Crippen LogP contribution in [0.4, 0.5) is 0 Å². The number of likely N-dealkylation sites (tertiary alicyclic amines) is 1. The van der Waals surface area contributed by atoms with Crippen molar-refractivity contribution in [3.8, 4) is 11.5 Å². The van der Waals surface area contributed by atoms with Crippen LogP contribution in [-0.2, 0) is 0 Å². The van der Waals surface area contributed by atoms with Gasteiger partial charge in [-0.15, -0.1) is 0 Å². The predicted octanol–water partition coefficient (Wildman–Crippen LogP) is 3.68. The monoisotopic (exact) mass is 311 g/mol. The molecule has 0 N–H and O–H groups in total. The number of ether oxygens (including phenoxy) is 2. The van der Waals surface area contributed by atoms with Gasteiger partial charge in [-0.1, -0.05) is 36.5 Å². The molecule has 3 nitrogen and oxygen atoms in total. The average molecular weight is 312 g/mol. The molecule has 0 aromatic heterocycles. The maximum Gasteiger partial charge on any atom is 0.180 e. The highest BCUT2D eigenvalue weighted by Crippen LogP contribution is 2.37. The molecule has 5 heteroatoms. The molecule has 0 radical (unpaired) electrons. The van der Waals surface area contributed by atoms with Gasteiger partial charge in [-0.05, 0) is 25.0 Å². The number of halogens is 1. The Morgan fingerprint density at radius 1 is 1.45 bits per heavy atom. The fourth-order valence-corrected chi connectivity index (χ4v) is 2.79. The molecule has 1 aliphatic heterocycles. The van der Waals surface area contributed by atoms with Gasteiger partial charge in [-0.2, -0.15) is 0 Å². The van der Waals surface area contributed by atoms with E-state index in [-0.39, 0.29) is 0 Å². The summed E-state index contributed by atoms with van der Waals surface area (Å²) in [6, 6.07) is 3.72. The number of rotatable bonds is 5. The summed E-state index contributed by atoms with van der Waals surface area (Å²) < 4.78 is 10.9. The van der Waals surface area contributed by atoms with Gasteiger partial charge < -0.3 is 14.4 Å². The Hall–Kier alpha value is -1.26. The summed E-state index contributed by atoms with van der Waals surface area (Å²) in [5, 5.41) is 0.503. The molecule has 0 unspecified atom stereocenters. The molecule has 1 saturated heterocycles. The van der Waals surface area contributed by atoms with Crippen LogP contribution in [0.5, 0.6) is 11.5 Å². The third-order valence-electron chi connectivity index (χ3n) is 3.22. The van der Waals surface area contributed by atoms with E-state index in [0.29, 0.717) is 23.1 Å². The molecule has 0 bridgehead atoms. The van der Waals surface area contributed by atoms with E-state index in [2.05, 4.69) is 11.5 Å². The fraction of sp³-hybridized carbons (Fsp3) is 0.400. The number of benzene rings is 1. The van der Waals surface area contributed by atoms with E-state index < -0.39 is 0 Å². The molecule has 1 fully saturated rings. The zero-order valence-corrected chi connectivity index (χ0v) is 13.1. The van der Waals surface area contributed by atoms with Crippen molar-refractivity contribution in [2.24, 2.45) is 0 Å². The second kappa shape index (κ2) is 6.95. The fourth-order valence-electron chi connectivity index (χ4n) is 2.23. The van der Waals surface area contributed by atoms with Crippen molar-refractivity contribution in [2.45, 2.75) is 12.8 Å². The number of methoxy groups -OCH3 is 1. The van der Waals surface area contributed by atoms with Gasteiger partial charge in [-0.3, -0.25) is 0 Å². The molecular weight excluding hydrogens is 294 g/mol. The van der Waals surface area contributed by atoms with Gasteiger partial charge in [0.1, 0.15) is 11.6 Å². The van der Waals surface area contributed by atoms with Crippen molar-refractivity contribution >= 4 is 28.8 Å². The standard InChI is InChI=1S/C15H18ClNO2S/c1-3-8-19-14-12(16)9-11(10-13(14)18-2)15(20)17-6-4-5-7-17/h3,9-10H,1,4-8H2,2H3. The summed E-state index contributed by atoms with van der Waals surface area (Å²) in [6.07, 6.45) is 4.04. The summed E-state index contributed by atoms with van der Waals surface area (Å²) in [5.41, 5.74) is 0.898. The molecule has 20 heavy (non-hydrogen) atoms. The van der Waals surface area contributed by atoms with E-state index in [1.807, 2.05) is 12.1 Å². The minimum absolute atomic E-state index is 0.381. The smallest absolute Gasteiger partial charge is 0.180 e. The van der Waals surface area contributed by atoms with Crippen molar-refractivity contribution in [1.82, 2.24) is 4.90 Å². The van der Waals surface area contributed by atoms with E-state index in [1.54, 1.807) is 13.2 Å². The van der Waals surface area contributed by atoms with Gasteiger partial charge in [0.25, 0.3) is 0 Å². The van der Waals surface area contributed by atoms with E-state index >= 15 is 0 Å². The van der Waals surface area contributed by atoms with Crippen LogP contribution < -0.4 is 9.47 Å². The lowest BCUT2D eigenvalue weighted by Gasteiger charge is -2.20. The molecule has 0 aliphatic carbocycles. The number of thiocarbonyl (C=S) groups is 1. The normalized spacial score (nSPS) is 14.2. The lowest BCUT2D eigenvalue weighted by atomic mass is 10.2. The molecule has 0 amide bonds. The van der Waals surface area contributed by atoms with Crippen molar-refractivity contribution in [1.29, 1.82) is 0 Å². The Bertz CT molecular complexity index is 513. The second-order valence-electron chi connectivity index (χ2n) is 4.59. The molecule has 0 spiro atoms. The lowest BCUT2D eigenvalue weighted by Crippen LogP contribution is -2.26. The minimum atomic E-state index is 0.381. The Morgan fingerprint density at radius 2 is 2.15 bits per heavy atom. The van der Waals surface area contributed by atoms with Crippen LogP contribution in [0.25, 0.3) is 0 Å². The molecule has 1 aromatic rings. The summed E-state index contributed by atoms with van der Waals surface area (Å²) >= 11 is 11.8. The SMILES string of the molecule is C=CCOc1c(Cl)cc(C(=S)N2CCCC2)cc1OC. The van der Waals surface area contributed by atoms with Crippen LogP contribution in [-0.4, -0.2) is 36.7 Å². The van der Waals surface area contributed by atoms with E-state index in [1.165, 1.54) is 12.8 Å². The number of nitrogens with zero attached hydrogens (tertiary/aromatic N) is 1. The van der Waals surface area contributed by atoms with Gasteiger partial charge in [0, 0.05) is 18.7 Å². The third kappa shape index (κ3) is 3.25. The lowest BCUT2D eigenvalue weighted by molar-refractivity contribution is 0.326. The van der Waals surface area contributed by atoms with Gasteiger partial charge in [0.2, 0.25) is 0 Å². The van der Waals surface area contributed by atoms with Gasteiger partial charge in [-0.25, -0.2) is 0 Å². The molecule has 1 heterocycles. The summed E-state index contributed by atoms with van der Waals surface area (Å²) in [4.78, 5) is 3.02. The highest BCUT2D eigenvalue weighted by Gasteiger charge is 2.19. The minimum Gasteiger partial charge on any atom is -0.493 e. The molecule has 0 saturated carbocycles. The van der Waals surface area contributed by atoms with Crippen LogP contribution in [0.15, 0.2) is 24.8 Å². The Balaban J connectivity index is 2.28. The zero-order valence-electron chi connectivity index (χ0n) is 11.5. The Morgan fingerprint density at radius 3 is 2.75 bits per heavy atom. The Labute approximate surface area is 130 Å². The molecule has 2 rings (SSSR count). The first-order valence-corrected chi connectivity index (χ1v) is 7.36. The average Bonchev–Trinajstić information content (AvgIpc) is 2.98. The summed E-state index contributed by atoms with van der Waals surface area (Å²) in [5.74, 6) is 1.12. The zero-order chi connectivity index (χ0) is 14.5. The molecule has 1 aliphatic rings. The molecule has 0 atom stereocenters. The largest absolute Gasteiger partial charge is 0.493 e. The van der Waals surface area contributed by atoms with Gasteiger partial charge >= 0.3 is 0 Å². The first kappa shape index (κ1) is 15.1. The quantitative estimate of drug-likeness (QED) is 0.611. The molecule has 108 valence electrons. The maximum atomic E-state index is 6.28. The van der Waals surface area contributed by atoms with Crippen molar-refractivity contribution in [3.05, 3.63) is 35.4 Å². The highest BCUT2D eigenvalue weighted by molar-refractivity contribution is 7.80. The Kier molecular flexibility index (Phi) is 5.26. The topological polar surface area (TPSA) is 21.7 Å². The number of hydrogen-bond donors (Lipinski definition) is 0. The van der Waals surface area contributed by atoms with Crippen LogP contribution in [0.2, 0.25) is 5.02 Å². The first-order valence-electron chi connectivity index (χ1n) is 6.58. The van der Waals surface area contributed by atoms with E-state index in [9.17, 15) is 0 Å². The third-order valence-corrected chi connectivity index (χ3v) is 3.99. The predicted molar refractivity (Wildman–Crippen MR) is 86.2 cm³/mol. The van der Waals surface area contributed by atoms with Crippen molar-refractivity contribution in [2.75, 3.05) is 26.8 Å². The van der Waals surface area contributed by atoms with E-state index in [4.69, 9.17) is 33.3 Å². The maximum absolute atomic E-state index is 6.28. The summed E-state index contributed by atoms with van der Waals surface area (Å²) in [6.45, 7) is 6.02. The highest BCUT2D eigenvalue weighted by atomic mass is 35.5. The van der Waals surface area contributed by atoms with Gasteiger partial charge in [0.15, 0.2) is 11.5 Å². The van der Waals surface area contributed by atoms with Gasteiger partial charge in [0.05, 0.1) is 12.1 Å². The first-order chi connectivity index (χ1) is 9.67. The van der Waals surface area contributed by atoms with Crippen LogP contribution >= 0.6 is 23.8 Å². The second-order valence-corrected chi connectivity index (χ2v) is 5.38. The molecular formula is C15H18ClNO2S. The van der Waals surface area contributed by atoms with Crippen molar-refractivity contribution < 1.29 is 9.47 Å². The van der Waals surface area contributed by atoms with Crippen LogP contribution in [0, 0.1) is 0 Å². The van der Waals surface area contributed by atoms with Crippen LogP contribution in [0.1, 0.15) is 18.4 Å².